The molecule has 2 rings (SSSR count). The number of Topliss-reactive ketones (excluding diaryl/α,β-unsaturated/α-hetero) is 1. The minimum absolute atomic E-state index is 0.104. The van der Waals surface area contributed by atoms with Crippen molar-refractivity contribution in [2.45, 2.75) is 20.0 Å². The predicted molar refractivity (Wildman–Crippen MR) is 71.4 cm³/mol. The number of ether oxygens (including phenoxy) is 1. The van der Waals surface area contributed by atoms with E-state index in [0.29, 0.717) is 0 Å². The van der Waals surface area contributed by atoms with Crippen LogP contribution in [0.15, 0.2) is 28.3 Å². The molecule has 0 bridgehead atoms. The molecule has 0 aromatic heterocycles. The molecule has 20 heavy (non-hydrogen) atoms. The molecule has 0 saturated heterocycles. The molecule has 2 heterocycles. The first-order valence-corrected chi connectivity index (χ1v) is 7.60. The standard InChI is InChI=1S/C12H14N2O5S/c1-8(15)9(2)19-12(16)10-3-4-11-13-20(17,18)6-5-14(11)7-10/h3-4,7,9H,5-6H2,1-2H3. The smallest absolute Gasteiger partial charge is 0.340 e. The van der Waals surface area contributed by atoms with Gasteiger partial charge in [-0.25, -0.2) is 13.2 Å². The monoisotopic (exact) mass is 298 g/mol. The lowest BCUT2D eigenvalue weighted by atomic mass is 10.2. The van der Waals surface area contributed by atoms with Gasteiger partial charge in [-0.2, -0.15) is 0 Å². The topological polar surface area (TPSA) is 93.1 Å². The molecular weight excluding hydrogens is 284 g/mol. The Morgan fingerprint density at radius 1 is 1.40 bits per heavy atom. The lowest BCUT2D eigenvalue weighted by Gasteiger charge is -2.26. The maximum atomic E-state index is 11.8. The quantitative estimate of drug-likeness (QED) is 0.681. The fourth-order valence-electron chi connectivity index (χ4n) is 1.63. The van der Waals surface area contributed by atoms with Crippen molar-refractivity contribution in [3.63, 3.8) is 0 Å². The molecule has 0 aromatic rings. The van der Waals surface area contributed by atoms with Gasteiger partial charge in [0.05, 0.1) is 11.3 Å². The average molecular weight is 298 g/mol. The zero-order chi connectivity index (χ0) is 14.9. The molecule has 0 aromatic carbocycles. The number of rotatable bonds is 3. The summed E-state index contributed by atoms with van der Waals surface area (Å²) in [7, 11) is -3.42. The van der Waals surface area contributed by atoms with E-state index in [4.69, 9.17) is 4.74 Å². The Kier molecular flexibility index (Phi) is 3.76. The van der Waals surface area contributed by atoms with E-state index in [9.17, 15) is 18.0 Å². The molecule has 0 fully saturated rings. The van der Waals surface area contributed by atoms with Gasteiger partial charge in [0.2, 0.25) is 0 Å². The van der Waals surface area contributed by atoms with Gasteiger partial charge in [-0.3, -0.25) is 4.79 Å². The Morgan fingerprint density at radius 2 is 2.10 bits per heavy atom. The third-order valence-corrected chi connectivity index (χ3v) is 4.08. The van der Waals surface area contributed by atoms with Crippen LogP contribution in [0.3, 0.4) is 0 Å². The number of amidine groups is 1. The highest BCUT2D eigenvalue weighted by atomic mass is 32.2. The van der Waals surface area contributed by atoms with Crippen LogP contribution in [0.2, 0.25) is 0 Å². The van der Waals surface area contributed by atoms with Gasteiger partial charge in [-0.15, -0.1) is 4.40 Å². The molecule has 0 saturated carbocycles. The van der Waals surface area contributed by atoms with E-state index in [1.165, 1.54) is 32.2 Å². The van der Waals surface area contributed by atoms with E-state index in [-0.39, 0.29) is 29.5 Å². The maximum absolute atomic E-state index is 11.8. The molecule has 8 heteroatoms. The van der Waals surface area contributed by atoms with Crippen molar-refractivity contribution < 1.29 is 22.7 Å². The normalized spacial score (nSPS) is 21.4. The van der Waals surface area contributed by atoms with Crippen LogP contribution < -0.4 is 0 Å². The van der Waals surface area contributed by atoms with Gasteiger partial charge in [-0.05, 0) is 26.0 Å². The SMILES string of the molecule is CC(=O)C(C)OC(=O)C1=CN2CCS(=O)(=O)N=C2C=C1. The van der Waals surface area contributed by atoms with Crippen molar-refractivity contribution in [2.75, 3.05) is 12.3 Å². The zero-order valence-electron chi connectivity index (χ0n) is 11.1. The maximum Gasteiger partial charge on any atom is 0.340 e. The fraction of sp³-hybridized carbons (Fsp3) is 0.417. The number of sulfonamides is 1. The number of fused-ring (bicyclic) bond motifs is 1. The van der Waals surface area contributed by atoms with Gasteiger partial charge in [0, 0.05) is 12.7 Å². The summed E-state index contributed by atoms with van der Waals surface area (Å²) in [5.74, 6) is -0.707. The molecule has 108 valence electrons. The lowest BCUT2D eigenvalue weighted by Crippen LogP contribution is -2.37. The first kappa shape index (κ1) is 14.4. The summed E-state index contributed by atoms with van der Waals surface area (Å²) in [5.41, 5.74) is 0.247. The number of carbonyl (C=O) groups is 2. The first-order valence-electron chi connectivity index (χ1n) is 5.99. The van der Waals surface area contributed by atoms with Gasteiger partial charge in [0.1, 0.15) is 5.84 Å². The lowest BCUT2D eigenvalue weighted by molar-refractivity contribution is -0.149. The molecule has 7 nitrogen and oxygen atoms in total. The van der Waals surface area contributed by atoms with Crippen molar-refractivity contribution in [3.8, 4) is 0 Å². The van der Waals surface area contributed by atoms with E-state index in [1.54, 1.807) is 4.90 Å². The van der Waals surface area contributed by atoms with E-state index < -0.39 is 22.1 Å². The Labute approximate surface area is 116 Å². The Balaban J connectivity index is 2.15. The van der Waals surface area contributed by atoms with Crippen LogP contribution in [0.5, 0.6) is 0 Å². The van der Waals surface area contributed by atoms with Crippen LogP contribution in [0.1, 0.15) is 13.8 Å². The van der Waals surface area contributed by atoms with Crippen molar-refractivity contribution in [3.05, 3.63) is 23.9 Å². The number of carbonyl (C=O) groups excluding carboxylic acids is 2. The van der Waals surface area contributed by atoms with E-state index in [2.05, 4.69) is 4.40 Å². The summed E-state index contributed by atoms with van der Waals surface area (Å²) < 4.78 is 31.3. The van der Waals surface area contributed by atoms with Gasteiger partial charge in [-0.1, -0.05) is 0 Å². The van der Waals surface area contributed by atoms with E-state index >= 15 is 0 Å². The number of hydrogen-bond donors (Lipinski definition) is 0. The average Bonchev–Trinajstić information content (AvgIpc) is 2.36. The number of esters is 1. The van der Waals surface area contributed by atoms with Crippen LogP contribution in [0.25, 0.3) is 0 Å². The van der Waals surface area contributed by atoms with Gasteiger partial charge < -0.3 is 9.64 Å². The minimum atomic E-state index is -3.42. The molecule has 0 radical (unpaired) electrons. The molecule has 2 aliphatic heterocycles. The summed E-state index contributed by atoms with van der Waals surface area (Å²) in [6, 6.07) is 0. The highest BCUT2D eigenvalue weighted by Crippen LogP contribution is 2.17. The summed E-state index contributed by atoms with van der Waals surface area (Å²) in [4.78, 5) is 24.5. The van der Waals surface area contributed by atoms with Crippen LogP contribution in [-0.2, 0) is 24.3 Å². The highest BCUT2D eigenvalue weighted by Gasteiger charge is 2.26. The minimum Gasteiger partial charge on any atom is -0.451 e. The van der Waals surface area contributed by atoms with Crippen molar-refractivity contribution in [1.29, 1.82) is 0 Å². The summed E-state index contributed by atoms with van der Waals surface area (Å²) in [5, 5.41) is 0. The summed E-state index contributed by atoms with van der Waals surface area (Å²) in [6.07, 6.45) is 3.52. The second-order valence-electron chi connectivity index (χ2n) is 4.50. The molecule has 0 aliphatic carbocycles. The second-order valence-corrected chi connectivity index (χ2v) is 6.26. The Bertz CT molecular complexity index is 645. The number of hydrogen-bond acceptors (Lipinski definition) is 6. The zero-order valence-corrected chi connectivity index (χ0v) is 11.9. The number of nitrogens with zero attached hydrogens (tertiary/aromatic N) is 2. The molecule has 0 N–H and O–H groups in total. The Morgan fingerprint density at radius 3 is 2.75 bits per heavy atom. The Hall–Kier alpha value is -1.96. The van der Waals surface area contributed by atoms with Crippen LogP contribution in [0.4, 0.5) is 0 Å². The summed E-state index contributed by atoms with van der Waals surface area (Å²) in [6.45, 7) is 3.06. The molecule has 0 amide bonds. The van der Waals surface area contributed by atoms with Gasteiger partial charge >= 0.3 is 5.97 Å². The first-order chi connectivity index (χ1) is 9.28. The molecule has 2 aliphatic rings. The van der Waals surface area contributed by atoms with Crippen LogP contribution >= 0.6 is 0 Å². The molecule has 1 unspecified atom stereocenters. The van der Waals surface area contributed by atoms with E-state index in [1.807, 2.05) is 0 Å². The van der Waals surface area contributed by atoms with Gasteiger partial charge in [0.25, 0.3) is 10.0 Å². The predicted octanol–water partition coefficient (Wildman–Crippen LogP) is 0.00470. The third-order valence-electron chi connectivity index (χ3n) is 2.92. The highest BCUT2D eigenvalue weighted by molar-refractivity contribution is 7.90. The van der Waals surface area contributed by atoms with Crippen LogP contribution in [0, 0.1) is 0 Å². The summed E-state index contributed by atoms with van der Waals surface area (Å²) >= 11 is 0. The van der Waals surface area contributed by atoms with Gasteiger partial charge in [0.15, 0.2) is 11.9 Å². The largest absolute Gasteiger partial charge is 0.451 e. The molecule has 0 spiro atoms. The van der Waals surface area contributed by atoms with E-state index in [0.717, 1.165) is 0 Å². The van der Waals surface area contributed by atoms with Crippen LogP contribution in [-0.4, -0.2) is 49.3 Å². The molecular formula is C12H14N2O5S. The van der Waals surface area contributed by atoms with Crippen molar-refractivity contribution >= 4 is 27.6 Å². The third kappa shape index (κ3) is 3.13. The fourth-order valence-corrected chi connectivity index (χ4v) is 2.60. The second kappa shape index (κ2) is 5.20. The molecule has 1 atom stereocenters. The van der Waals surface area contributed by atoms with Crippen molar-refractivity contribution in [2.24, 2.45) is 4.40 Å². The van der Waals surface area contributed by atoms with Crippen molar-refractivity contribution in [1.82, 2.24) is 4.90 Å². The number of ketones is 1.